The number of hydrogen-bond donors (Lipinski definition) is 2. The Labute approximate surface area is 94.6 Å². The summed E-state index contributed by atoms with van der Waals surface area (Å²) in [4.78, 5) is 11.5. The second kappa shape index (κ2) is 4.64. The van der Waals surface area contributed by atoms with E-state index in [1.807, 2.05) is 18.2 Å². The molecule has 15 heavy (non-hydrogen) atoms. The van der Waals surface area contributed by atoms with E-state index in [4.69, 9.17) is 17.3 Å². The Balaban J connectivity index is 2.55. The summed E-state index contributed by atoms with van der Waals surface area (Å²) >= 11 is 5.81. The van der Waals surface area contributed by atoms with Crippen LogP contribution < -0.4 is 11.1 Å². The van der Waals surface area contributed by atoms with Crippen molar-refractivity contribution in [2.45, 2.75) is 25.9 Å². The van der Waals surface area contributed by atoms with Gasteiger partial charge in [-0.2, -0.15) is 0 Å². The Bertz CT molecular complexity index is 358. The smallest absolute Gasteiger partial charge is 0.239 e. The Hall–Kier alpha value is -1.06. The van der Waals surface area contributed by atoms with Gasteiger partial charge in [0.15, 0.2) is 0 Å². The van der Waals surface area contributed by atoms with Crippen molar-refractivity contribution in [3.05, 3.63) is 34.9 Å². The van der Waals surface area contributed by atoms with Gasteiger partial charge in [-0.1, -0.05) is 23.7 Å². The third kappa shape index (κ3) is 3.90. The van der Waals surface area contributed by atoms with Gasteiger partial charge in [-0.3, -0.25) is 4.79 Å². The van der Waals surface area contributed by atoms with Crippen LogP contribution in [0.1, 0.15) is 19.4 Å². The van der Waals surface area contributed by atoms with Crippen molar-refractivity contribution in [1.82, 2.24) is 5.32 Å². The van der Waals surface area contributed by atoms with Gasteiger partial charge in [-0.15, -0.1) is 0 Å². The topological polar surface area (TPSA) is 55.1 Å². The Morgan fingerprint density at radius 1 is 1.53 bits per heavy atom. The van der Waals surface area contributed by atoms with Crippen LogP contribution in [0.5, 0.6) is 0 Å². The molecule has 1 aromatic rings. The van der Waals surface area contributed by atoms with Crippen LogP contribution in [0.3, 0.4) is 0 Å². The van der Waals surface area contributed by atoms with E-state index in [1.54, 1.807) is 19.9 Å². The first kappa shape index (κ1) is 12.0. The van der Waals surface area contributed by atoms with Crippen molar-refractivity contribution in [2.24, 2.45) is 5.73 Å². The fourth-order valence-corrected chi connectivity index (χ4v) is 1.27. The van der Waals surface area contributed by atoms with E-state index >= 15 is 0 Å². The maximum Gasteiger partial charge on any atom is 0.239 e. The van der Waals surface area contributed by atoms with Crippen LogP contribution in [0.15, 0.2) is 24.3 Å². The summed E-state index contributed by atoms with van der Waals surface area (Å²) in [7, 11) is 0. The van der Waals surface area contributed by atoms with Crippen LogP contribution in [0.2, 0.25) is 5.02 Å². The lowest BCUT2D eigenvalue weighted by Crippen LogP contribution is -2.48. The lowest BCUT2D eigenvalue weighted by atomic mass is 10.1. The summed E-state index contributed by atoms with van der Waals surface area (Å²) in [6, 6.07) is 7.35. The summed E-state index contributed by atoms with van der Waals surface area (Å²) in [5.41, 5.74) is 5.74. The number of benzene rings is 1. The summed E-state index contributed by atoms with van der Waals surface area (Å²) in [5, 5.41) is 3.40. The van der Waals surface area contributed by atoms with Crippen molar-refractivity contribution in [3.63, 3.8) is 0 Å². The highest BCUT2D eigenvalue weighted by Gasteiger charge is 2.20. The van der Waals surface area contributed by atoms with Crippen LogP contribution >= 0.6 is 11.6 Å². The van der Waals surface area contributed by atoms with Gasteiger partial charge in [0.2, 0.25) is 5.91 Å². The molecule has 1 rings (SSSR count). The average Bonchev–Trinajstić information content (AvgIpc) is 2.12. The fraction of sp³-hybridized carbons (Fsp3) is 0.364. The minimum absolute atomic E-state index is 0.178. The van der Waals surface area contributed by atoms with Crippen molar-refractivity contribution in [1.29, 1.82) is 0 Å². The van der Waals surface area contributed by atoms with Gasteiger partial charge in [0.1, 0.15) is 0 Å². The van der Waals surface area contributed by atoms with Gasteiger partial charge in [0, 0.05) is 11.6 Å². The standard InChI is InChI=1S/C11H15ClN2O/c1-11(2,13)10(15)14-7-8-4-3-5-9(12)6-8/h3-6H,7,13H2,1-2H3,(H,14,15). The molecule has 0 unspecified atom stereocenters. The molecule has 0 aliphatic heterocycles. The molecule has 0 saturated heterocycles. The zero-order valence-corrected chi connectivity index (χ0v) is 9.64. The molecule has 3 nitrogen and oxygen atoms in total. The predicted octanol–water partition coefficient (Wildman–Crippen LogP) is 1.69. The largest absolute Gasteiger partial charge is 0.350 e. The normalized spacial score (nSPS) is 11.2. The molecule has 0 heterocycles. The first-order valence-electron chi connectivity index (χ1n) is 4.71. The SMILES string of the molecule is CC(C)(N)C(=O)NCc1cccc(Cl)c1. The van der Waals surface area contributed by atoms with Crippen LogP contribution in [-0.2, 0) is 11.3 Å². The summed E-state index contributed by atoms with van der Waals surface area (Å²) < 4.78 is 0. The zero-order chi connectivity index (χ0) is 11.5. The lowest BCUT2D eigenvalue weighted by Gasteiger charge is -2.17. The van der Waals surface area contributed by atoms with Crippen LogP contribution in [-0.4, -0.2) is 11.4 Å². The van der Waals surface area contributed by atoms with Crippen LogP contribution in [0.4, 0.5) is 0 Å². The molecule has 0 aliphatic rings. The van der Waals surface area contributed by atoms with Gasteiger partial charge in [0.25, 0.3) is 0 Å². The number of rotatable bonds is 3. The number of carbonyl (C=O) groups is 1. The minimum atomic E-state index is -0.849. The Kier molecular flexibility index (Phi) is 3.72. The molecule has 3 N–H and O–H groups in total. The molecule has 0 fully saturated rings. The summed E-state index contributed by atoms with van der Waals surface area (Å²) in [5.74, 6) is -0.178. The van der Waals surface area contributed by atoms with Crippen LogP contribution in [0, 0.1) is 0 Å². The van der Waals surface area contributed by atoms with Crippen molar-refractivity contribution in [3.8, 4) is 0 Å². The summed E-state index contributed by atoms with van der Waals surface area (Å²) in [6.07, 6.45) is 0. The highest BCUT2D eigenvalue weighted by molar-refractivity contribution is 6.30. The molecule has 0 aliphatic carbocycles. The van der Waals surface area contributed by atoms with Crippen molar-refractivity contribution < 1.29 is 4.79 Å². The Morgan fingerprint density at radius 2 is 2.20 bits per heavy atom. The lowest BCUT2D eigenvalue weighted by molar-refractivity contribution is -0.125. The van der Waals surface area contributed by atoms with E-state index in [2.05, 4.69) is 5.32 Å². The van der Waals surface area contributed by atoms with Gasteiger partial charge < -0.3 is 11.1 Å². The monoisotopic (exact) mass is 226 g/mol. The average molecular weight is 227 g/mol. The number of hydrogen-bond acceptors (Lipinski definition) is 2. The predicted molar refractivity (Wildman–Crippen MR) is 61.6 cm³/mol. The van der Waals surface area contributed by atoms with Crippen molar-refractivity contribution in [2.75, 3.05) is 0 Å². The molecular formula is C11H15ClN2O. The number of carbonyl (C=O) groups excluding carboxylic acids is 1. The number of nitrogens with one attached hydrogen (secondary N) is 1. The molecular weight excluding hydrogens is 212 g/mol. The van der Waals surface area contributed by atoms with E-state index in [0.29, 0.717) is 11.6 Å². The molecule has 0 bridgehead atoms. The first-order chi connectivity index (χ1) is 6.89. The molecule has 4 heteroatoms. The van der Waals surface area contributed by atoms with E-state index in [1.165, 1.54) is 0 Å². The maximum absolute atomic E-state index is 11.5. The molecule has 0 aromatic heterocycles. The van der Waals surface area contributed by atoms with Crippen LogP contribution in [0.25, 0.3) is 0 Å². The van der Waals surface area contributed by atoms with Gasteiger partial charge in [-0.05, 0) is 31.5 Å². The van der Waals surface area contributed by atoms with Gasteiger partial charge in [-0.25, -0.2) is 0 Å². The molecule has 0 spiro atoms. The third-order valence-electron chi connectivity index (χ3n) is 1.93. The first-order valence-corrected chi connectivity index (χ1v) is 5.09. The van der Waals surface area contributed by atoms with E-state index in [0.717, 1.165) is 5.56 Å². The van der Waals surface area contributed by atoms with E-state index in [-0.39, 0.29) is 5.91 Å². The third-order valence-corrected chi connectivity index (χ3v) is 2.16. The summed E-state index contributed by atoms with van der Waals surface area (Å²) in [6.45, 7) is 3.78. The molecule has 0 radical (unpaired) electrons. The van der Waals surface area contributed by atoms with E-state index < -0.39 is 5.54 Å². The van der Waals surface area contributed by atoms with Crippen molar-refractivity contribution >= 4 is 17.5 Å². The highest BCUT2D eigenvalue weighted by atomic mass is 35.5. The molecule has 1 aromatic carbocycles. The van der Waals surface area contributed by atoms with Gasteiger partial charge in [0.05, 0.1) is 5.54 Å². The van der Waals surface area contributed by atoms with E-state index in [9.17, 15) is 4.79 Å². The number of amides is 1. The second-order valence-corrected chi connectivity index (χ2v) is 4.47. The fourth-order valence-electron chi connectivity index (χ4n) is 1.06. The minimum Gasteiger partial charge on any atom is -0.350 e. The maximum atomic E-state index is 11.5. The zero-order valence-electron chi connectivity index (χ0n) is 8.88. The highest BCUT2D eigenvalue weighted by Crippen LogP contribution is 2.10. The number of nitrogens with two attached hydrogens (primary N) is 1. The Morgan fingerprint density at radius 3 is 2.73 bits per heavy atom. The molecule has 1 amide bonds. The quantitative estimate of drug-likeness (QED) is 0.824. The second-order valence-electron chi connectivity index (χ2n) is 4.03. The van der Waals surface area contributed by atoms with Gasteiger partial charge >= 0.3 is 0 Å². The number of halogens is 1. The molecule has 0 saturated carbocycles. The molecule has 82 valence electrons. The molecule has 0 atom stereocenters.